The minimum atomic E-state index is -4.24. The van der Waals surface area contributed by atoms with Crippen molar-refractivity contribution in [3.8, 4) is 5.75 Å². The highest BCUT2D eigenvalue weighted by Crippen LogP contribution is 2.26. The normalized spacial score (nSPS) is 11.4. The number of amides is 1. The Morgan fingerprint density at radius 3 is 2.05 bits per heavy atom. The van der Waals surface area contributed by atoms with E-state index in [0.717, 1.165) is 16.4 Å². The van der Waals surface area contributed by atoms with E-state index in [-0.39, 0.29) is 27.1 Å². The average Bonchev–Trinajstić information content (AvgIpc) is 2.93. The first kappa shape index (κ1) is 27.5. The lowest BCUT2D eigenvalue weighted by molar-refractivity contribution is -0.114. The van der Waals surface area contributed by atoms with Crippen molar-refractivity contribution >= 4 is 43.3 Å². The summed E-state index contributed by atoms with van der Waals surface area (Å²) in [6, 6.07) is 17.0. The Kier molecular flexibility index (Phi) is 8.07. The highest BCUT2D eigenvalue weighted by molar-refractivity contribution is 7.93. The van der Waals surface area contributed by atoms with E-state index in [1.165, 1.54) is 86.2 Å². The summed E-state index contributed by atoms with van der Waals surface area (Å²) in [4.78, 5) is 20.3. The molecule has 0 saturated carbocycles. The second-order valence-electron chi connectivity index (χ2n) is 7.91. The van der Waals surface area contributed by atoms with Gasteiger partial charge in [0.2, 0.25) is 11.9 Å². The summed E-state index contributed by atoms with van der Waals surface area (Å²) in [7, 11) is -6.79. The van der Waals surface area contributed by atoms with E-state index in [1.807, 2.05) is 0 Å². The standard InChI is InChI=1S/C25H22FN5O6S2/c1-37-21-9-13-23(14-10-21)39(35,36)31(20-7-3-18(26)4-8-20)17-24(32)29-19-5-11-22(12-6-19)38(33,34)30-25-27-15-2-16-28-25/h2-16H,17H2,1H3,(H,29,32)(H,27,28,30). The molecule has 202 valence electrons. The van der Waals surface area contributed by atoms with Gasteiger partial charge in [0, 0.05) is 18.1 Å². The number of nitrogens with one attached hydrogen (secondary N) is 2. The van der Waals surface area contributed by atoms with Gasteiger partial charge in [-0.1, -0.05) is 0 Å². The maximum absolute atomic E-state index is 13.5. The SMILES string of the molecule is COc1ccc(S(=O)(=O)N(CC(=O)Nc2ccc(S(=O)(=O)Nc3ncccn3)cc2)c2ccc(F)cc2)cc1. The van der Waals surface area contributed by atoms with E-state index in [0.29, 0.717) is 5.75 Å². The lowest BCUT2D eigenvalue weighted by atomic mass is 10.3. The van der Waals surface area contributed by atoms with Gasteiger partial charge in [0.15, 0.2) is 0 Å². The molecule has 0 saturated heterocycles. The van der Waals surface area contributed by atoms with Crippen molar-refractivity contribution in [3.05, 3.63) is 97.1 Å². The Balaban J connectivity index is 1.53. The van der Waals surface area contributed by atoms with Gasteiger partial charge >= 0.3 is 0 Å². The van der Waals surface area contributed by atoms with Crippen molar-refractivity contribution in [2.45, 2.75) is 9.79 Å². The van der Waals surface area contributed by atoms with Crippen LogP contribution >= 0.6 is 0 Å². The third-order valence-corrected chi connectivity index (χ3v) is 8.42. The van der Waals surface area contributed by atoms with Crippen LogP contribution in [-0.2, 0) is 24.8 Å². The molecule has 11 nitrogen and oxygen atoms in total. The Morgan fingerprint density at radius 2 is 1.46 bits per heavy atom. The molecule has 14 heteroatoms. The number of aromatic nitrogens is 2. The van der Waals surface area contributed by atoms with Crippen molar-refractivity contribution in [3.63, 3.8) is 0 Å². The van der Waals surface area contributed by atoms with Crippen LogP contribution in [0, 0.1) is 5.82 Å². The molecule has 1 amide bonds. The fraction of sp³-hybridized carbons (Fsp3) is 0.0800. The number of carbonyl (C=O) groups is 1. The Morgan fingerprint density at radius 1 is 0.872 bits per heavy atom. The highest BCUT2D eigenvalue weighted by Gasteiger charge is 2.27. The van der Waals surface area contributed by atoms with Gasteiger partial charge in [-0.05, 0) is 78.9 Å². The summed E-state index contributed by atoms with van der Waals surface area (Å²) in [6.45, 7) is -0.646. The number of halogens is 1. The Bertz CT molecular complexity index is 1650. The van der Waals surface area contributed by atoms with Crippen LogP contribution in [0.5, 0.6) is 5.75 Å². The van der Waals surface area contributed by atoms with Crippen LogP contribution in [0.4, 0.5) is 21.7 Å². The zero-order valence-corrected chi connectivity index (χ0v) is 22.0. The molecule has 0 aliphatic rings. The molecule has 0 atom stereocenters. The van der Waals surface area contributed by atoms with Crippen LogP contribution in [0.3, 0.4) is 0 Å². The minimum absolute atomic E-state index is 0.0676. The summed E-state index contributed by atoms with van der Waals surface area (Å²) < 4.78 is 73.7. The van der Waals surface area contributed by atoms with Crippen molar-refractivity contribution in [2.24, 2.45) is 0 Å². The van der Waals surface area contributed by atoms with Gasteiger partial charge in [0.1, 0.15) is 18.1 Å². The van der Waals surface area contributed by atoms with Crippen LogP contribution in [-0.4, -0.2) is 46.4 Å². The lowest BCUT2D eigenvalue weighted by Gasteiger charge is -2.24. The summed E-state index contributed by atoms with van der Waals surface area (Å²) in [6.07, 6.45) is 2.76. The number of methoxy groups -OCH3 is 1. The van der Waals surface area contributed by atoms with Crippen molar-refractivity contribution in [2.75, 3.05) is 28.0 Å². The monoisotopic (exact) mass is 571 g/mol. The van der Waals surface area contributed by atoms with Gasteiger partial charge in [-0.25, -0.2) is 35.9 Å². The molecule has 39 heavy (non-hydrogen) atoms. The highest BCUT2D eigenvalue weighted by atomic mass is 32.2. The molecule has 0 spiro atoms. The second-order valence-corrected chi connectivity index (χ2v) is 11.5. The molecule has 3 aromatic carbocycles. The van der Waals surface area contributed by atoms with E-state index < -0.39 is 38.3 Å². The molecule has 4 aromatic rings. The maximum atomic E-state index is 13.5. The zero-order chi connectivity index (χ0) is 28.0. The molecule has 2 N–H and O–H groups in total. The van der Waals surface area contributed by atoms with Crippen molar-refractivity contribution in [1.29, 1.82) is 0 Å². The molecule has 0 bridgehead atoms. The van der Waals surface area contributed by atoms with E-state index in [4.69, 9.17) is 4.74 Å². The van der Waals surface area contributed by atoms with E-state index >= 15 is 0 Å². The van der Waals surface area contributed by atoms with E-state index in [2.05, 4.69) is 20.0 Å². The molecular formula is C25H22FN5O6S2. The van der Waals surface area contributed by atoms with Gasteiger partial charge < -0.3 is 10.1 Å². The van der Waals surface area contributed by atoms with Crippen LogP contribution < -0.4 is 19.1 Å². The van der Waals surface area contributed by atoms with Crippen LogP contribution in [0.2, 0.25) is 0 Å². The fourth-order valence-electron chi connectivity index (χ4n) is 3.38. The fourth-order valence-corrected chi connectivity index (χ4v) is 5.76. The summed E-state index contributed by atoms with van der Waals surface area (Å²) in [5.74, 6) is -0.956. The average molecular weight is 572 g/mol. The Labute approximate surface area is 224 Å². The quantitative estimate of drug-likeness (QED) is 0.295. The number of benzene rings is 3. The maximum Gasteiger partial charge on any atom is 0.264 e. The first-order valence-electron chi connectivity index (χ1n) is 11.2. The number of anilines is 3. The minimum Gasteiger partial charge on any atom is -0.497 e. The van der Waals surface area contributed by atoms with Gasteiger partial charge in [0.25, 0.3) is 20.0 Å². The molecule has 1 heterocycles. The number of sulfonamides is 2. The van der Waals surface area contributed by atoms with Gasteiger partial charge in [-0.15, -0.1) is 0 Å². The van der Waals surface area contributed by atoms with Gasteiger partial charge in [0.05, 0.1) is 22.6 Å². The number of hydrogen-bond acceptors (Lipinski definition) is 8. The van der Waals surface area contributed by atoms with Crippen molar-refractivity contribution < 1.29 is 30.8 Å². The first-order valence-corrected chi connectivity index (χ1v) is 14.1. The molecular weight excluding hydrogens is 549 g/mol. The largest absolute Gasteiger partial charge is 0.497 e. The Hall–Kier alpha value is -4.56. The number of carbonyl (C=O) groups excluding carboxylic acids is 1. The summed E-state index contributed by atoms with van der Waals surface area (Å²) in [5, 5.41) is 2.54. The predicted octanol–water partition coefficient (Wildman–Crippen LogP) is 3.26. The second kappa shape index (κ2) is 11.4. The molecule has 0 unspecified atom stereocenters. The predicted molar refractivity (Wildman–Crippen MR) is 142 cm³/mol. The molecule has 1 aromatic heterocycles. The number of nitrogens with zero attached hydrogens (tertiary/aromatic N) is 3. The van der Waals surface area contributed by atoms with Crippen LogP contribution in [0.1, 0.15) is 0 Å². The number of hydrogen-bond donors (Lipinski definition) is 2. The number of ether oxygens (including phenoxy) is 1. The summed E-state index contributed by atoms with van der Waals surface area (Å²) in [5.41, 5.74) is 0.286. The zero-order valence-electron chi connectivity index (χ0n) is 20.4. The molecule has 0 aliphatic heterocycles. The third-order valence-electron chi connectivity index (χ3n) is 5.29. The van der Waals surface area contributed by atoms with Crippen LogP contribution in [0.25, 0.3) is 0 Å². The van der Waals surface area contributed by atoms with Gasteiger partial charge in [-0.2, -0.15) is 0 Å². The molecule has 0 fully saturated rings. The van der Waals surface area contributed by atoms with Gasteiger partial charge in [-0.3, -0.25) is 9.10 Å². The summed E-state index contributed by atoms with van der Waals surface area (Å²) >= 11 is 0. The van der Waals surface area contributed by atoms with E-state index in [9.17, 15) is 26.0 Å². The smallest absolute Gasteiger partial charge is 0.264 e. The topological polar surface area (TPSA) is 148 Å². The molecule has 0 radical (unpaired) electrons. The number of rotatable bonds is 10. The molecule has 0 aliphatic carbocycles. The van der Waals surface area contributed by atoms with Crippen LogP contribution in [0.15, 0.2) is 101 Å². The molecule has 4 rings (SSSR count). The third kappa shape index (κ3) is 6.66. The lowest BCUT2D eigenvalue weighted by Crippen LogP contribution is -2.38. The van der Waals surface area contributed by atoms with E-state index in [1.54, 1.807) is 0 Å². The van der Waals surface area contributed by atoms with Crippen molar-refractivity contribution in [1.82, 2.24) is 9.97 Å². The first-order chi connectivity index (χ1) is 18.6.